The first-order valence-electron chi connectivity index (χ1n) is 11.3. The van der Waals surface area contributed by atoms with Gasteiger partial charge in [-0.25, -0.2) is 9.97 Å². The molecule has 5 rings (SSSR count). The summed E-state index contributed by atoms with van der Waals surface area (Å²) in [5, 5.41) is 5.54. The number of nitrogens with zero attached hydrogens (tertiary/aromatic N) is 5. The molecule has 164 valence electrons. The Bertz CT molecular complexity index is 1010. The van der Waals surface area contributed by atoms with Crippen molar-refractivity contribution in [3.8, 4) is 0 Å². The SMILES string of the molecule is C=C(C1CCN(Cc2ccsc2)CC1)N1CCC(n2c(SC)nc3cccnc32)CC1. The topological polar surface area (TPSA) is 37.2 Å². The third kappa shape index (κ3) is 4.41. The van der Waals surface area contributed by atoms with Crippen molar-refractivity contribution in [1.29, 1.82) is 0 Å². The van der Waals surface area contributed by atoms with Crippen molar-refractivity contribution < 1.29 is 0 Å². The molecule has 3 aromatic rings. The summed E-state index contributed by atoms with van der Waals surface area (Å²) in [5.41, 5.74) is 4.86. The molecule has 5 heterocycles. The van der Waals surface area contributed by atoms with Crippen LogP contribution in [0.1, 0.15) is 37.3 Å². The second-order valence-electron chi connectivity index (χ2n) is 8.71. The molecular formula is C24H31N5S2. The van der Waals surface area contributed by atoms with Crippen molar-refractivity contribution >= 4 is 34.3 Å². The second kappa shape index (κ2) is 9.35. The van der Waals surface area contributed by atoms with E-state index in [4.69, 9.17) is 4.98 Å². The van der Waals surface area contributed by atoms with Gasteiger partial charge in [-0.05, 0) is 79.6 Å². The number of thioether (sulfide) groups is 1. The first kappa shape index (κ1) is 21.0. The average molecular weight is 454 g/mol. The zero-order valence-corrected chi connectivity index (χ0v) is 19.9. The summed E-state index contributed by atoms with van der Waals surface area (Å²) >= 11 is 3.52. The summed E-state index contributed by atoms with van der Waals surface area (Å²) in [6.45, 7) is 10.2. The first-order valence-corrected chi connectivity index (χ1v) is 13.4. The van der Waals surface area contributed by atoms with Crippen molar-refractivity contribution in [2.75, 3.05) is 32.4 Å². The van der Waals surface area contributed by atoms with Crippen molar-refractivity contribution in [3.63, 3.8) is 0 Å². The van der Waals surface area contributed by atoms with E-state index in [1.165, 1.54) is 37.2 Å². The van der Waals surface area contributed by atoms with E-state index in [-0.39, 0.29) is 0 Å². The van der Waals surface area contributed by atoms with E-state index in [1.54, 1.807) is 23.1 Å². The zero-order chi connectivity index (χ0) is 21.2. The number of hydrogen-bond donors (Lipinski definition) is 0. The summed E-state index contributed by atoms with van der Waals surface area (Å²) < 4.78 is 2.38. The van der Waals surface area contributed by atoms with Crippen molar-refractivity contribution in [3.05, 3.63) is 53.0 Å². The summed E-state index contributed by atoms with van der Waals surface area (Å²) in [5.74, 6) is 0.632. The Balaban J connectivity index is 1.17. The molecule has 0 spiro atoms. The summed E-state index contributed by atoms with van der Waals surface area (Å²) in [4.78, 5) is 14.6. The Morgan fingerprint density at radius 1 is 1.16 bits per heavy atom. The largest absolute Gasteiger partial charge is 0.375 e. The minimum absolute atomic E-state index is 0.471. The van der Waals surface area contributed by atoms with Gasteiger partial charge < -0.3 is 9.47 Å². The van der Waals surface area contributed by atoms with Crippen LogP contribution in [0.5, 0.6) is 0 Å². The van der Waals surface area contributed by atoms with E-state index >= 15 is 0 Å². The molecule has 2 aliphatic rings. The number of thiophene rings is 1. The van der Waals surface area contributed by atoms with Crippen LogP contribution >= 0.6 is 23.1 Å². The number of likely N-dealkylation sites (tertiary alicyclic amines) is 2. The Morgan fingerprint density at radius 3 is 2.68 bits per heavy atom. The van der Waals surface area contributed by atoms with Crippen LogP contribution in [-0.4, -0.2) is 56.8 Å². The molecule has 0 unspecified atom stereocenters. The van der Waals surface area contributed by atoms with E-state index < -0.39 is 0 Å². The van der Waals surface area contributed by atoms with Crippen LogP contribution in [0.4, 0.5) is 0 Å². The fourth-order valence-corrected chi connectivity index (χ4v) is 6.40. The van der Waals surface area contributed by atoms with Crippen LogP contribution in [0.3, 0.4) is 0 Å². The van der Waals surface area contributed by atoms with Gasteiger partial charge in [0.2, 0.25) is 0 Å². The summed E-state index contributed by atoms with van der Waals surface area (Å²) in [7, 11) is 0. The van der Waals surface area contributed by atoms with Crippen molar-refractivity contribution in [2.24, 2.45) is 5.92 Å². The molecule has 0 saturated carbocycles. The number of rotatable bonds is 6. The molecule has 7 heteroatoms. The van der Waals surface area contributed by atoms with Crippen molar-refractivity contribution in [2.45, 2.75) is 43.4 Å². The number of fused-ring (bicyclic) bond motifs is 1. The normalized spacial score (nSPS) is 19.3. The van der Waals surface area contributed by atoms with Gasteiger partial charge in [0.05, 0.1) is 0 Å². The molecular weight excluding hydrogens is 422 g/mol. The van der Waals surface area contributed by atoms with Crippen LogP contribution in [0.2, 0.25) is 0 Å². The molecule has 3 aromatic heterocycles. The lowest BCUT2D eigenvalue weighted by atomic mass is 9.91. The first-order chi connectivity index (χ1) is 15.2. The maximum atomic E-state index is 4.80. The molecule has 0 aromatic carbocycles. The third-order valence-corrected chi connectivity index (χ3v) is 8.27. The maximum Gasteiger partial charge on any atom is 0.170 e. The number of pyridine rings is 1. The van der Waals surface area contributed by atoms with Gasteiger partial charge in [-0.15, -0.1) is 0 Å². The highest BCUT2D eigenvalue weighted by atomic mass is 32.2. The molecule has 0 aliphatic carbocycles. The minimum Gasteiger partial charge on any atom is -0.375 e. The Labute approximate surface area is 193 Å². The number of aromatic nitrogens is 3. The number of hydrogen-bond acceptors (Lipinski definition) is 6. The second-order valence-corrected chi connectivity index (χ2v) is 10.3. The van der Waals surface area contributed by atoms with E-state index in [2.05, 4.69) is 55.1 Å². The van der Waals surface area contributed by atoms with Crippen LogP contribution in [0.25, 0.3) is 11.2 Å². The monoisotopic (exact) mass is 453 g/mol. The van der Waals surface area contributed by atoms with Gasteiger partial charge in [-0.3, -0.25) is 4.90 Å². The average Bonchev–Trinajstić information content (AvgIpc) is 3.46. The molecule has 0 bridgehead atoms. The molecule has 0 radical (unpaired) electrons. The Morgan fingerprint density at radius 2 is 1.97 bits per heavy atom. The van der Waals surface area contributed by atoms with Crippen LogP contribution in [-0.2, 0) is 6.54 Å². The minimum atomic E-state index is 0.471. The van der Waals surface area contributed by atoms with Gasteiger partial charge in [0.1, 0.15) is 5.52 Å². The molecule has 0 atom stereocenters. The predicted octanol–water partition coefficient (Wildman–Crippen LogP) is 5.28. The summed E-state index contributed by atoms with van der Waals surface area (Å²) in [6, 6.07) is 6.77. The van der Waals surface area contributed by atoms with Gasteiger partial charge >= 0.3 is 0 Å². The molecule has 0 amide bonds. The Hall–Kier alpha value is -1.83. The van der Waals surface area contributed by atoms with E-state index in [0.717, 1.165) is 48.8 Å². The van der Waals surface area contributed by atoms with Gasteiger partial charge in [-0.1, -0.05) is 18.3 Å². The molecule has 0 N–H and O–H groups in total. The number of imidazole rings is 1. The standard InChI is InChI=1S/C24H31N5S2/c1-18(20-5-11-27(12-6-20)16-19-9-15-31-17-19)28-13-7-21(8-14-28)29-23-22(4-3-10-25-23)26-24(29)30-2/h3-4,9-10,15,17,20-21H,1,5-8,11-14,16H2,2H3. The highest BCUT2D eigenvalue weighted by Gasteiger charge is 2.29. The lowest BCUT2D eigenvalue weighted by Gasteiger charge is -2.40. The van der Waals surface area contributed by atoms with Crippen LogP contribution in [0.15, 0.2) is 52.6 Å². The van der Waals surface area contributed by atoms with E-state index in [1.807, 2.05) is 12.3 Å². The van der Waals surface area contributed by atoms with Gasteiger partial charge in [0.15, 0.2) is 10.8 Å². The summed E-state index contributed by atoms with van der Waals surface area (Å²) in [6.07, 6.45) is 8.72. The van der Waals surface area contributed by atoms with Gasteiger partial charge in [0, 0.05) is 43.5 Å². The fourth-order valence-electron chi connectivity index (χ4n) is 5.12. The van der Waals surface area contributed by atoms with E-state index in [0.29, 0.717) is 12.0 Å². The van der Waals surface area contributed by atoms with Gasteiger partial charge in [0.25, 0.3) is 0 Å². The number of allylic oxidation sites excluding steroid dienone is 1. The third-order valence-electron chi connectivity index (χ3n) is 6.88. The maximum absolute atomic E-state index is 4.80. The van der Waals surface area contributed by atoms with E-state index in [9.17, 15) is 0 Å². The zero-order valence-electron chi connectivity index (χ0n) is 18.2. The molecule has 2 fully saturated rings. The predicted molar refractivity (Wildman–Crippen MR) is 131 cm³/mol. The van der Waals surface area contributed by atoms with Gasteiger partial charge in [-0.2, -0.15) is 11.3 Å². The van der Waals surface area contributed by atoms with Crippen LogP contribution < -0.4 is 0 Å². The fraction of sp³-hybridized carbons (Fsp3) is 0.500. The lowest BCUT2D eigenvalue weighted by Crippen LogP contribution is -2.40. The molecule has 2 saturated heterocycles. The quantitative estimate of drug-likeness (QED) is 0.475. The van der Waals surface area contributed by atoms with Crippen LogP contribution in [0, 0.1) is 5.92 Å². The Kier molecular flexibility index (Phi) is 6.34. The molecule has 5 nitrogen and oxygen atoms in total. The van der Waals surface area contributed by atoms with Crippen molar-refractivity contribution in [1.82, 2.24) is 24.3 Å². The number of piperidine rings is 2. The lowest BCUT2D eigenvalue weighted by molar-refractivity contribution is 0.153. The molecule has 2 aliphatic heterocycles. The highest BCUT2D eigenvalue weighted by Crippen LogP contribution is 2.34. The molecule has 31 heavy (non-hydrogen) atoms. The highest BCUT2D eigenvalue weighted by molar-refractivity contribution is 7.98. The smallest absolute Gasteiger partial charge is 0.170 e.